The van der Waals surface area contributed by atoms with Gasteiger partial charge in [0.25, 0.3) is 0 Å². The highest BCUT2D eigenvalue weighted by atomic mass is 32.2. The molecule has 11 heteroatoms. The van der Waals surface area contributed by atoms with Gasteiger partial charge in [0, 0.05) is 25.2 Å². The number of sulfonamides is 1. The summed E-state index contributed by atoms with van der Waals surface area (Å²) in [5.41, 5.74) is 0.344. The Balaban J connectivity index is 1.60. The van der Waals surface area contributed by atoms with Gasteiger partial charge in [0.05, 0.1) is 27.8 Å². The van der Waals surface area contributed by atoms with Crippen molar-refractivity contribution in [3.05, 3.63) is 54.3 Å². The molecule has 0 unspecified atom stereocenters. The predicted octanol–water partition coefficient (Wildman–Crippen LogP) is 2.43. The Morgan fingerprint density at radius 2 is 1.50 bits per heavy atom. The zero-order chi connectivity index (χ0) is 23.5. The van der Waals surface area contributed by atoms with E-state index in [0.29, 0.717) is 5.69 Å². The van der Waals surface area contributed by atoms with Gasteiger partial charge in [0.2, 0.25) is 15.9 Å². The highest BCUT2D eigenvalue weighted by Crippen LogP contribution is 2.22. The van der Waals surface area contributed by atoms with Crippen molar-refractivity contribution >= 4 is 31.5 Å². The molecule has 0 radical (unpaired) electrons. The van der Waals surface area contributed by atoms with Gasteiger partial charge in [-0.25, -0.2) is 21.2 Å². The topological polar surface area (TPSA) is 110 Å². The number of anilines is 1. The molecule has 0 spiro atoms. The Hall–Kier alpha value is -2.34. The molecule has 2 atom stereocenters. The van der Waals surface area contributed by atoms with Crippen LogP contribution < -0.4 is 5.32 Å². The lowest BCUT2D eigenvalue weighted by Gasteiger charge is -2.34. The first kappa shape index (κ1) is 24.3. The normalized spacial score (nSPS) is 20.1. The number of morpholine rings is 1. The van der Waals surface area contributed by atoms with Gasteiger partial charge in [-0.2, -0.15) is 4.31 Å². The van der Waals surface area contributed by atoms with E-state index in [-0.39, 0.29) is 41.5 Å². The molecule has 0 aromatic heterocycles. The van der Waals surface area contributed by atoms with Crippen LogP contribution in [0, 0.1) is 5.82 Å². The molecule has 1 fully saturated rings. The minimum Gasteiger partial charge on any atom is -0.373 e. The summed E-state index contributed by atoms with van der Waals surface area (Å²) < 4.78 is 70.2. The van der Waals surface area contributed by atoms with Crippen molar-refractivity contribution in [2.75, 3.05) is 24.2 Å². The number of carbonyl (C=O) groups excluding carboxylic acids is 1. The fourth-order valence-corrected chi connectivity index (χ4v) is 6.23. The van der Waals surface area contributed by atoms with E-state index in [2.05, 4.69) is 5.32 Å². The monoisotopic (exact) mass is 484 g/mol. The van der Waals surface area contributed by atoms with Crippen molar-refractivity contribution in [3.63, 3.8) is 0 Å². The SMILES string of the molecule is C[C@H]1CN(S(=O)(=O)c2ccc(NC(=O)CCS(=O)(=O)c3ccc(F)cc3)cc2)C[C@H](C)O1. The minimum absolute atomic E-state index is 0.0620. The summed E-state index contributed by atoms with van der Waals surface area (Å²) in [6, 6.07) is 10.1. The lowest BCUT2D eigenvalue weighted by Crippen LogP contribution is -2.48. The fourth-order valence-electron chi connectivity index (χ4n) is 3.40. The number of nitrogens with zero attached hydrogens (tertiary/aromatic N) is 1. The zero-order valence-corrected chi connectivity index (χ0v) is 19.3. The van der Waals surface area contributed by atoms with Gasteiger partial charge in [-0.15, -0.1) is 0 Å². The van der Waals surface area contributed by atoms with E-state index in [4.69, 9.17) is 4.74 Å². The molecular formula is C21H25FN2O6S2. The second kappa shape index (κ2) is 9.65. The molecule has 1 aliphatic heterocycles. The summed E-state index contributed by atoms with van der Waals surface area (Å²) in [5.74, 6) is -1.53. The van der Waals surface area contributed by atoms with Crippen LogP contribution in [0.1, 0.15) is 20.3 Å². The number of hydrogen-bond donors (Lipinski definition) is 1. The zero-order valence-electron chi connectivity index (χ0n) is 17.7. The van der Waals surface area contributed by atoms with Crippen molar-refractivity contribution in [3.8, 4) is 0 Å². The molecule has 3 rings (SSSR count). The average Bonchev–Trinajstić information content (AvgIpc) is 2.72. The molecule has 174 valence electrons. The molecule has 2 aromatic carbocycles. The Kier molecular flexibility index (Phi) is 7.33. The largest absolute Gasteiger partial charge is 0.373 e. The summed E-state index contributed by atoms with van der Waals surface area (Å²) in [4.78, 5) is 12.2. The predicted molar refractivity (Wildman–Crippen MR) is 117 cm³/mol. The minimum atomic E-state index is -3.73. The van der Waals surface area contributed by atoms with Crippen LogP contribution in [-0.4, -0.2) is 58.1 Å². The maximum Gasteiger partial charge on any atom is 0.243 e. The van der Waals surface area contributed by atoms with Crippen molar-refractivity contribution in [1.29, 1.82) is 0 Å². The van der Waals surface area contributed by atoms with Crippen molar-refractivity contribution in [1.82, 2.24) is 4.31 Å². The summed E-state index contributed by atoms with van der Waals surface area (Å²) in [5, 5.41) is 2.56. The van der Waals surface area contributed by atoms with E-state index in [1.165, 1.54) is 28.6 Å². The Labute approximate surface area is 187 Å². The highest BCUT2D eigenvalue weighted by molar-refractivity contribution is 7.91. The average molecular weight is 485 g/mol. The first-order valence-corrected chi connectivity index (χ1v) is 13.1. The fraction of sp³-hybridized carbons (Fsp3) is 0.381. The van der Waals surface area contributed by atoms with Crippen LogP contribution in [0.5, 0.6) is 0 Å². The van der Waals surface area contributed by atoms with E-state index in [1.54, 1.807) is 0 Å². The van der Waals surface area contributed by atoms with Gasteiger partial charge in [0.1, 0.15) is 5.82 Å². The molecule has 1 aliphatic rings. The van der Waals surface area contributed by atoms with Gasteiger partial charge >= 0.3 is 0 Å². The number of amides is 1. The lowest BCUT2D eigenvalue weighted by molar-refractivity contribution is -0.115. The number of carbonyl (C=O) groups is 1. The molecule has 2 aromatic rings. The van der Waals surface area contributed by atoms with Crippen LogP contribution in [0.15, 0.2) is 58.3 Å². The molecule has 1 N–H and O–H groups in total. The van der Waals surface area contributed by atoms with Gasteiger partial charge in [0.15, 0.2) is 9.84 Å². The number of benzene rings is 2. The third-order valence-electron chi connectivity index (χ3n) is 4.93. The number of sulfone groups is 1. The molecule has 1 heterocycles. The first-order valence-electron chi connectivity index (χ1n) is 10.0. The quantitative estimate of drug-likeness (QED) is 0.605. The molecule has 1 amide bonds. The molecule has 0 saturated carbocycles. The van der Waals surface area contributed by atoms with Crippen LogP contribution in [0.4, 0.5) is 10.1 Å². The number of halogens is 1. The van der Waals surface area contributed by atoms with E-state index >= 15 is 0 Å². The third kappa shape index (κ3) is 5.91. The molecule has 1 saturated heterocycles. The highest BCUT2D eigenvalue weighted by Gasteiger charge is 2.32. The molecule has 0 bridgehead atoms. The summed E-state index contributed by atoms with van der Waals surface area (Å²) in [6.45, 7) is 4.14. The smallest absolute Gasteiger partial charge is 0.243 e. The van der Waals surface area contributed by atoms with E-state index in [9.17, 15) is 26.0 Å². The standard InChI is InChI=1S/C21H25FN2O6S2/c1-15-13-24(14-16(2)30-15)32(28,29)20-9-5-18(6-10-20)23-21(25)11-12-31(26,27)19-7-3-17(22)4-8-19/h3-10,15-16H,11-14H2,1-2H3,(H,23,25)/t15-,16-/m0/s1. The lowest BCUT2D eigenvalue weighted by atomic mass is 10.3. The number of nitrogens with one attached hydrogen (secondary N) is 1. The van der Waals surface area contributed by atoms with E-state index in [0.717, 1.165) is 24.3 Å². The van der Waals surface area contributed by atoms with Gasteiger partial charge in [-0.1, -0.05) is 0 Å². The van der Waals surface area contributed by atoms with Gasteiger partial charge in [-0.05, 0) is 62.4 Å². The number of ether oxygens (including phenoxy) is 1. The maximum atomic E-state index is 13.0. The van der Waals surface area contributed by atoms with Crippen LogP contribution in [-0.2, 0) is 29.4 Å². The summed E-state index contributed by atoms with van der Waals surface area (Å²) >= 11 is 0. The number of rotatable bonds is 7. The van der Waals surface area contributed by atoms with Crippen molar-refractivity contribution in [2.24, 2.45) is 0 Å². The molecular weight excluding hydrogens is 459 g/mol. The summed E-state index contributed by atoms with van der Waals surface area (Å²) in [6.07, 6.45) is -0.722. The van der Waals surface area contributed by atoms with E-state index < -0.39 is 37.3 Å². The Morgan fingerprint density at radius 3 is 2.06 bits per heavy atom. The van der Waals surface area contributed by atoms with Crippen molar-refractivity contribution in [2.45, 2.75) is 42.3 Å². The number of hydrogen-bond acceptors (Lipinski definition) is 6. The second-order valence-electron chi connectivity index (χ2n) is 7.67. The van der Waals surface area contributed by atoms with Gasteiger partial charge < -0.3 is 10.1 Å². The third-order valence-corrected chi connectivity index (χ3v) is 8.51. The Bertz CT molecular complexity index is 1160. The van der Waals surface area contributed by atoms with Crippen LogP contribution in [0.3, 0.4) is 0 Å². The second-order valence-corrected chi connectivity index (χ2v) is 11.7. The first-order chi connectivity index (χ1) is 15.0. The maximum absolute atomic E-state index is 13.0. The van der Waals surface area contributed by atoms with Crippen molar-refractivity contribution < 1.29 is 30.8 Å². The van der Waals surface area contributed by atoms with Crippen LogP contribution in [0.2, 0.25) is 0 Å². The molecule has 32 heavy (non-hydrogen) atoms. The van der Waals surface area contributed by atoms with E-state index in [1.807, 2.05) is 13.8 Å². The molecule has 0 aliphatic carbocycles. The molecule has 8 nitrogen and oxygen atoms in total. The van der Waals surface area contributed by atoms with Crippen LogP contribution in [0.25, 0.3) is 0 Å². The summed E-state index contributed by atoms with van der Waals surface area (Å²) in [7, 11) is -7.44. The van der Waals surface area contributed by atoms with Crippen LogP contribution >= 0.6 is 0 Å². The van der Waals surface area contributed by atoms with Gasteiger partial charge in [-0.3, -0.25) is 4.79 Å². The Morgan fingerprint density at radius 1 is 0.969 bits per heavy atom.